The quantitative estimate of drug-likeness (QED) is 0.765. The van der Waals surface area contributed by atoms with Crippen molar-refractivity contribution in [2.45, 2.75) is 18.3 Å². The summed E-state index contributed by atoms with van der Waals surface area (Å²) in [6.07, 6.45) is 1.74. The van der Waals surface area contributed by atoms with E-state index in [0.29, 0.717) is 17.2 Å². The summed E-state index contributed by atoms with van der Waals surface area (Å²) in [7, 11) is 2.14. The zero-order valence-corrected chi connectivity index (χ0v) is 9.29. The third-order valence-corrected chi connectivity index (χ3v) is 4.27. The van der Waals surface area contributed by atoms with E-state index in [1.807, 2.05) is 17.8 Å². The highest BCUT2D eigenvalue weighted by atomic mass is 32.2. The van der Waals surface area contributed by atoms with Crippen molar-refractivity contribution in [3.05, 3.63) is 23.9 Å². The van der Waals surface area contributed by atoms with E-state index in [0.717, 1.165) is 11.3 Å². The highest BCUT2D eigenvalue weighted by Crippen LogP contribution is 2.41. The summed E-state index contributed by atoms with van der Waals surface area (Å²) in [5.74, 6) is 1.82. The lowest BCUT2D eigenvalue weighted by Crippen LogP contribution is -2.26. The Labute approximate surface area is 88.7 Å². The smallest absolute Gasteiger partial charge is 0.128 e. The van der Waals surface area contributed by atoms with Gasteiger partial charge in [-0.3, -0.25) is 4.90 Å². The molecule has 14 heavy (non-hydrogen) atoms. The molecule has 2 heterocycles. The summed E-state index contributed by atoms with van der Waals surface area (Å²) < 4.78 is 0. The first-order valence-electron chi connectivity index (χ1n) is 4.74. The van der Waals surface area contributed by atoms with Gasteiger partial charge >= 0.3 is 0 Å². The number of rotatable bonds is 1. The number of thioether (sulfide) groups is 1. The largest absolute Gasteiger partial charge is 0.383 e. The third-order valence-electron chi connectivity index (χ3n) is 2.70. The van der Waals surface area contributed by atoms with E-state index < -0.39 is 0 Å². The first-order chi connectivity index (χ1) is 6.70. The van der Waals surface area contributed by atoms with Crippen molar-refractivity contribution >= 4 is 17.6 Å². The van der Waals surface area contributed by atoms with E-state index in [9.17, 15) is 0 Å². The molecule has 2 atom stereocenters. The molecule has 1 aliphatic heterocycles. The Morgan fingerprint density at radius 1 is 1.64 bits per heavy atom. The molecule has 0 bridgehead atoms. The van der Waals surface area contributed by atoms with Crippen LogP contribution in [0.4, 0.5) is 5.82 Å². The van der Waals surface area contributed by atoms with E-state index in [1.54, 1.807) is 6.20 Å². The second kappa shape index (κ2) is 3.79. The van der Waals surface area contributed by atoms with Crippen molar-refractivity contribution in [2.75, 3.05) is 18.5 Å². The van der Waals surface area contributed by atoms with Gasteiger partial charge in [-0.2, -0.15) is 0 Å². The number of hydrogen-bond donors (Lipinski definition) is 1. The maximum atomic E-state index is 5.86. The first kappa shape index (κ1) is 9.80. The van der Waals surface area contributed by atoms with Crippen LogP contribution in [0, 0.1) is 0 Å². The maximum absolute atomic E-state index is 5.86. The molecule has 1 saturated heterocycles. The molecule has 1 aromatic rings. The second-order valence-corrected chi connectivity index (χ2v) is 4.79. The van der Waals surface area contributed by atoms with E-state index in [-0.39, 0.29) is 0 Å². The lowest BCUT2D eigenvalue weighted by molar-refractivity contribution is 0.282. The SMILES string of the molecule is CC1CSC(c2cccnc2N)N1C. The standard InChI is InChI=1S/C10H15N3S/c1-7-6-14-10(13(7)2)8-4-3-5-12-9(8)11/h3-5,7,10H,6H2,1-2H3,(H2,11,12). The Hall–Kier alpha value is -0.740. The predicted octanol–water partition coefficient (Wildman–Crippen LogP) is 1.73. The number of hydrogen-bond acceptors (Lipinski definition) is 4. The lowest BCUT2D eigenvalue weighted by atomic mass is 10.2. The van der Waals surface area contributed by atoms with Crippen LogP contribution in [0.25, 0.3) is 0 Å². The molecule has 1 aliphatic rings. The number of nitrogens with zero attached hydrogens (tertiary/aromatic N) is 2. The van der Waals surface area contributed by atoms with Crippen molar-refractivity contribution < 1.29 is 0 Å². The van der Waals surface area contributed by atoms with Crippen molar-refractivity contribution in [3.63, 3.8) is 0 Å². The van der Waals surface area contributed by atoms with Crippen molar-refractivity contribution in [3.8, 4) is 0 Å². The molecule has 1 aromatic heterocycles. The Balaban J connectivity index is 2.28. The number of pyridine rings is 1. The van der Waals surface area contributed by atoms with Gasteiger partial charge in [0.25, 0.3) is 0 Å². The first-order valence-corrected chi connectivity index (χ1v) is 5.79. The molecule has 4 heteroatoms. The Morgan fingerprint density at radius 2 is 2.43 bits per heavy atom. The van der Waals surface area contributed by atoms with Crippen molar-refractivity contribution in [1.29, 1.82) is 0 Å². The fourth-order valence-electron chi connectivity index (χ4n) is 1.64. The molecular formula is C10H15N3S. The highest BCUT2D eigenvalue weighted by molar-refractivity contribution is 7.99. The molecular weight excluding hydrogens is 194 g/mol. The topological polar surface area (TPSA) is 42.1 Å². The summed E-state index contributed by atoms with van der Waals surface area (Å²) in [6, 6.07) is 4.63. The minimum Gasteiger partial charge on any atom is -0.383 e. The van der Waals surface area contributed by atoms with Crippen LogP contribution in [-0.2, 0) is 0 Å². The van der Waals surface area contributed by atoms with Crippen LogP contribution >= 0.6 is 11.8 Å². The Morgan fingerprint density at radius 3 is 3.00 bits per heavy atom. The van der Waals surface area contributed by atoms with Gasteiger partial charge in [0.1, 0.15) is 5.82 Å². The fraction of sp³-hybridized carbons (Fsp3) is 0.500. The van der Waals surface area contributed by atoms with Crippen molar-refractivity contribution in [1.82, 2.24) is 9.88 Å². The van der Waals surface area contributed by atoms with Crippen LogP contribution in [0.5, 0.6) is 0 Å². The molecule has 0 aliphatic carbocycles. The molecule has 0 spiro atoms. The van der Waals surface area contributed by atoms with Gasteiger partial charge in [0.15, 0.2) is 0 Å². The molecule has 0 radical (unpaired) electrons. The van der Waals surface area contributed by atoms with Crippen LogP contribution in [0.2, 0.25) is 0 Å². The molecule has 3 nitrogen and oxygen atoms in total. The predicted molar refractivity (Wildman–Crippen MR) is 61.1 cm³/mol. The van der Waals surface area contributed by atoms with Crippen LogP contribution in [0.15, 0.2) is 18.3 Å². The second-order valence-electron chi connectivity index (χ2n) is 3.68. The summed E-state index contributed by atoms with van der Waals surface area (Å²) in [6.45, 7) is 2.24. The maximum Gasteiger partial charge on any atom is 0.128 e. The van der Waals surface area contributed by atoms with Crippen LogP contribution in [0.3, 0.4) is 0 Å². The van der Waals surface area contributed by atoms with Gasteiger partial charge in [0, 0.05) is 23.6 Å². The molecule has 0 aromatic carbocycles. The summed E-state index contributed by atoms with van der Waals surface area (Å²) >= 11 is 1.93. The average Bonchev–Trinajstić information content (AvgIpc) is 2.49. The fourth-order valence-corrected chi connectivity index (χ4v) is 3.16. The van der Waals surface area contributed by atoms with E-state index >= 15 is 0 Å². The van der Waals surface area contributed by atoms with E-state index in [4.69, 9.17) is 5.73 Å². The molecule has 2 rings (SSSR count). The number of aromatic nitrogens is 1. The molecule has 0 amide bonds. The van der Waals surface area contributed by atoms with Crippen LogP contribution in [-0.4, -0.2) is 28.7 Å². The van der Waals surface area contributed by atoms with Gasteiger partial charge in [-0.25, -0.2) is 4.98 Å². The van der Waals surface area contributed by atoms with Crippen LogP contribution in [0.1, 0.15) is 17.9 Å². The lowest BCUT2D eigenvalue weighted by Gasteiger charge is -2.22. The van der Waals surface area contributed by atoms with Gasteiger partial charge in [-0.15, -0.1) is 11.8 Å². The zero-order chi connectivity index (χ0) is 10.1. The summed E-state index contributed by atoms with van der Waals surface area (Å²) in [5.41, 5.74) is 7.00. The van der Waals surface area contributed by atoms with Crippen molar-refractivity contribution in [2.24, 2.45) is 0 Å². The molecule has 2 N–H and O–H groups in total. The minimum absolute atomic E-state index is 0.374. The van der Waals surface area contributed by atoms with E-state index in [2.05, 4.69) is 29.9 Å². The monoisotopic (exact) mass is 209 g/mol. The van der Waals surface area contributed by atoms with Gasteiger partial charge in [0.05, 0.1) is 5.37 Å². The Bertz CT molecular complexity index is 329. The van der Waals surface area contributed by atoms with Gasteiger partial charge in [-0.05, 0) is 20.0 Å². The average molecular weight is 209 g/mol. The number of nitrogens with two attached hydrogens (primary N) is 1. The molecule has 2 unspecified atom stereocenters. The van der Waals surface area contributed by atoms with Gasteiger partial charge in [0.2, 0.25) is 0 Å². The minimum atomic E-state index is 0.374. The van der Waals surface area contributed by atoms with E-state index in [1.165, 1.54) is 0 Å². The number of nitrogen functional groups attached to an aromatic ring is 1. The highest BCUT2D eigenvalue weighted by Gasteiger charge is 2.30. The third kappa shape index (κ3) is 1.60. The van der Waals surface area contributed by atoms with Gasteiger partial charge in [-0.1, -0.05) is 6.07 Å². The number of anilines is 1. The normalized spacial score (nSPS) is 28.1. The molecule has 1 fully saturated rings. The molecule has 0 saturated carbocycles. The zero-order valence-electron chi connectivity index (χ0n) is 8.47. The Kier molecular flexibility index (Phi) is 2.65. The summed E-state index contributed by atoms with van der Waals surface area (Å²) in [5, 5.41) is 0.374. The van der Waals surface area contributed by atoms with Gasteiger partial charge < -0.3 is 5.73 Å². The van der Waals surface area contributed by atoms with Crippen LogP contribution < -0.4 is 5.73 Å². The summed E-state index contributed by atoms with van der Waals surface area (Å²) in [4.78, 5) is 6.47. The molecule has 76 valence electrons.